The van der Waals surface area contributed by atoms with E-state index >= 15 is 0 Å². The summed E-state index contributed by atoms with van der Waals surface area (Å²) in [5, 5.41) is 1.09. The normalized spacial score (nSPS) is 15.5. The Hall–Kier alpha value is -2.76. The summed E-state index contributed by atoms with van der Waals surface area (Å²) in [6.45, 7) is 2.00. The smallest absolute Gasteiger partial charge is 0.162 e. The van der Waals surface area contributed by atoms with Crippen LogP contribution in [0.3, 0.4) is 0 Å². The largest absolute Gasteiger partial charge is 0.493 e. The first kappa shape index (κ1) is 15.7. The second kappa shape index (κ2) is 6.63. The maximum Gasteiger partial charge on any atom is 0.162 e. The maximum atomic E-state index is 5.47. The highest BCUT2D eigenvalue weighted by Crippen LogP contribution is 2.37. The lowest BCUT2D eigenvalue weighted by Crippen LogP contribution is -2.33. The molecule has 0 unspecified atom stereocenters. The van der Waals surface area contributed by atoms with Gasteiger partial charge in [0.2, 0.25) is 0 Å². The lowest BCUT2D eigenvalue weighted by atomic mass is 9.95. The number of nitrogens with one attached hydrogen (secondary N) is 1. The molecule has 1 aliphatic rings. The summed E-state index contributed by atoms with van der Waals surface area (Å²) >= 11 is 0. The second-order valence-corrected chi connectivity index (χ2v) is 6.29. The number of rotatable bonds is 4. The molecule has 1 aromatic carbocycles. The van der Waals surface area contributed by atoms with Crippen molar-refractivity contribution in [2.75, 3.05) is 32.2 Å². The molecule has 1 N–H and O–H groups in total. The van der Waals surface area contributed by atoms with Gasteiger partial charge in [-0.05, 0) is 25.0 Å². The van der Waals surface area contributed by atoms with Gasteiger partial charge in [0.1, 0.15) is 5.82 Å². The Bertz CT molecular complexity index is 855. The lowest BCUT2D eigenvalue weighted by Gasteiger charge is -2.33. The maximum absolute atomic E-state index is 5.47. The minimum absolute atomic E-state index is 0.508. The van der Waals surface area contributed by atoms with E-state index in [4.69, 9.17) is 9.47 Å². The Labute approximate surface area is 146 Å². The molecule has 3 heterocycles. The number of aromatic nitrogens is 3. The zero-order chi connectivity index (χ0) is 17.2. The number of hydrogen-bond acceptors (Lipinski definition) is 5. The second-order valence-electron chi connectivity index (χ2n) is 6.29. The monoisotopic (exact) mass is 338 g/mol. The molecule has 6 heteroatoms. The Morgan fingerprint density at radius 2 is 1.80 bits per heavy atom. The van der Waals surface area contributed by atoms with E-state index in [0.29, 0.717) is 11.7 Å². The Kier molecular flexibility index (Phi) is 4.17. The van der Waals surface area contributed by atoms with Crippen molar-refractivity contribution < 1.29 is 9.47 Å². The molecule has 6 nitrogen and oxygen atoms in total. The molecule has 3 aromatic rings. The Balaban J connectivity index is 1.63. The quantitative estimate of drug-likeness (QED) is 0.790. The van der Waals surface area contributed by atoms with Crippen LogP contribution in [0.25, 0.3) is 10.9 Å². The van der Waals surface area contributed by atoms with Crippen LogP contribution in [0.5, 0.6) is 11.5 Å². The van der Waals surface area contributed by atoms with Gasteiger partial charge in [0.05, 0.1) is 19.7 Å². The number of H-pyrrole nitrogens is 1. The van der Waals surface area contributed by atoms with Crippen LogP contribution in [-0.4, -0.2) is 42.3 Å². The number of fused-ring (bicyclic) bond motifs is 1. The van der Waals surface area contributed by atoms with Crippen molar-refractivity contribution in [1.29, 1.82) is 0 Å². The molecule has 1 saturated heterocycles. The molecule has 0 saturated carbocycles. The van der Waals surface area contributed by atoms with E-state index in [2.05, 4.69) is 25.9 Å². The Morgan fingerprint density at radius 1 is 1.04 bits per heavy atom. The number of ether oxygens (including phenoxy) is 2. The van der Waals surface area contributed by atoms with Crippen LogP contribution in [-0.2, 0) is 0 Å². The molecule has 2 aromatic heterocycles. The molecule has 0 amide bonds. The van der Waals surface area contributed by atoms with Gasteiger partial charge in [-0.3, -0.25) is 4.98 Å². The topological polar surface area (TPSA) is 63.3 Å². The van der Waals surface area contributed by atoms with Crippen LogP contribution < -0.4 is 14.4 Å². The summed E-state index contributed by atoms with van der Waals surface area (Å²) in [6.07, 6.45) is 7.77. The van der Waals surface area contributed by atoms with Crippen molar-refractivity contribution in [3.63, 3.8) is 0 Å². The highest BCUT2D eigenvalue weighted by molar-refractivity contribution is 5.94. The molecule has 0 spiro atoms. The van der Waals surface area contributed by atoms with E-state index in [1.54, 1.807) is 14.2 Å². The molecular weight excluding hydrogens is 316 g/mol. The van der Waals surface area contributed by atoms with E-state index < -0.39 is 0 Å². The number of piperidine rings is 1. The van der Waals surface area contributed by atoms with Crippen molar-refractivity contribution in [3.8, 4) is 11.5 Å². The minimum Gasteiger partial charge on any atom is -0.493 e. The highest BCUT2D eigenvalue weighted by atomic mass is 16.5. The van der Waals surface area contributed by atoms with Crippen molar-refractivity contribution in [2.24, 2.45) is 0 Å². The molecule has 4 rings (SSSR count). The number of methoxy groups -OCH3 is 2. The highest BCUT2D eigenvalue weighted by Gasteiger charge is 2.23. The third kappa shape index (κ3) is 2.88. The number of pyridine rings is 1. The SMILES string of the molecule is COc1cc2nccc(N3CCC(c4ncc[nH]4)CC3)c2cc1OC. The van der Waals surface area contributed by atoms with Crippen molar-refractivity contribution >= 4 is 16.6 Å². The summed E-state index contributed by atoms with van der Waals surface area (Å²) in [5.74, 6) is 3.05. The van der Waals surface area contributed by atoms with E-state index in [1.807, 2.05) is 30.7 Å². The van der Waals surface area contributed by atoms with Gasteiger partial charge >= 0.3 is 0 Å². The van der Waals surface area contributed by atoms with Crippen LogP contribution in [0.4, 0.5) is 5.69 Å². The first-order valence-corrected chi connectivity index (χ1v) is 8.55. The van der Waals surface area contributed by atoms with Gasteiger partial charge in [0.25, 0.3) is 0 Å². The number of nitrogens with zero attached hydrogens (tertiary/aromatic N) is 3. The van der Waals surface area contributed by atoms with E-state index in [0.717, 1.165) is 48.4 Å². The van der Waals surface area contributed by atoms with Crippen molar-refractivity contribution in [2.45, 2.75) is 18.8 Å². The number of hydrogen-bond donors (Lipinski definition) is 1. The molecule has 25 heavy (non-hydrogen) atoms. The number of anilines is 1. The summed E-state index contributed by atoms with van der Waals surface area (Å²) in [4.78, 5) is 14.6. The fourth-order valence-electron chi connectivity index (χ4n) is 3.63. The van der Waals surface area contributed by atoms with Gasteiger partial charge in [-0.25, -0.2) is 4.98 Å². The predicted octanol–water partition coefficient (Wildman–Crippen LogP) is 3.36. The van der Waals surface area contributed by atoms with Crippen molar-refractivity contribution in [1.82, 2.24) is 15.0 Å². The number of benzene rings is 1. The standard InChI is InChI=1S/C19H22N4O2/c1-24-17-11-14-15(12-18(17)25-2)20-6-3-16(14)23-9-4-13(5-10-23)19-21-7-8-22-19/h3,6-8,11-13H,4-5,9-10H2,1-2H3,(H,21,22). The van der Waals surface area contributed by atoms with Gasteiger partial charge in [0.15, 0.2) is 11.5 Å². The first-order valence-electron chi connectivity index (χ1n) is 8.55. The summed E-state index contributed by atoms with van der Waals surface area (Å²) in [6, 6.07) is 6.05. The summed E-state index contributed by atoms with van der Waals surface area (Å²) in [5.41, 5.74) is 2.12. The molecule has 1 aliphatic heterocycles. The van der Waals surface area contributed by atoms with Gasteiger partial charge < -0.3 is 19.4 Å². The number of aromatic amines is 1. The number of imidazole rings is 1. The minimum atomic E-state index is 0.508. The van der Waals surface area contributed by atoms with Crippen LogP contribution in [0.2, 0.25) is 0 Å². The molecular formula is C19H22N4O2. The Morgan fingerprint density at radius 3 is 2.48 bits per heavy atom. The van der Waals surface area contributed by atoms with Crippen LogP contribution in [0, 0.1) is 0 Å². The van der Waals surface area contributed by atoms with Crippen molar-refractivity contribution in [3.05, 3.63) is 42.6 Å². The van der Waals surface area contributed by atoms with Crippen LogP contribution in [0.15, 0.2) is 36.8 Å². The fourth-order valence-corrected chi connectivity index (χ4v) is 3.63. The molecule has 1 fully saturated rings. The van der Waals surface area contributed by atoms with Gasteiger partial charge in [-0.1, -0.05) is 0 Å². The molecule has 0 bridgehead atoms. The predicted molar refractivity (Wildman–Crippen MR) is 97.6 cm³/mol. The molecule has 0 aliphatic carbocycles. The third-order valence-corrected chi connectivity index (χ3v) is 4.97. The van der Waals surface area contributed by atoms with E-state index in [-0.39, 0.29) is 0 Å². The van der Waals surface area contributed by atoms with Crippen LogP contribution >= 0.6 is 0 Å². The lowest BCUT2D eigenvalue weighted by molar-refractivity contribution is 0.356. The van der Waals surface area contributed by atoms with Gasteiger partial charge in [0, 0.05) is 54.7 Å². The van der Waals surface area contributed by atoms with E-state index in [9.17, 15) is 0 Å². The summed E-state index contributed by atoms with van der Waals surface area (Å²) < 4.78 is 10.9. The third-order valence-electron chi connectivity index (χ3n) is 4.97. The fraction of sp³-hybridized carbons (Fsp3) is 0.368. The zero-order valence-corrected chi connectivity index (χ0v) is 14.5. The van der Waals surface area contributed by atoms with Crippen LogP contribution in [0.1, 0.15) is 24.6 Å². The van der Waals surface area contributed by atoms with Gasteiger partial charge in [-0.15, -0.1) is 0 Å². The average molecular weight is 338 g/mol. The molecule has 0 atom stereocenters. The molecule has 0 radical (unpaired) electrons. The molecule has 130 valence electrons. The average Bonchev–Trinajstić information content (AvgIpc) is 3.21. The first-order chi connectivity index (χ1) is 12.3. The van der Waals surface area contributed by atoms with Gasteiger partial charge in [-0.2, -0.15) is 0 Å². The summed E-state index contributed by atoms with van der Waals surface area (Å²) in [7, 11) is 3.31. The van der Waals surface area contributed by atoms with E-state index in [1.165, 1.54) is 5.69 Å². The zero-order valence-electron chi connectivity index (χ0n) is 14.5.